The Balaban J connectivity index is 1.66. The topological polar surface area (TPSA) is 17.1 Å². The van der Waals surface area contributed by atoms with Gasteiger partial charge in [-0.25, -0.2) is 0 Å². The van der Waals surface area contributed by atoms with Crippen LogP contribution >= 0.6 is 0 Å². The highest BCUT2D eigenvalue weighted by Crippen LogP contribution is 2.61. The van der Waals surface area contributed by atoms with Gasteiger partial charge in [-0.3, -0.25) is 4.79 Å². The van der Waals surface area contributed by atoms with Crippen molar-refractivity contribution in [2.24, 2.45) is 29.6 Å². The lowest BCUT2D eigenvalue weighted by Gasteiger charge is -2.27. The predicted octanol–water partition coefficient (Wildman–Crippen LogP) is 4.99. The lowest BCUT2D eigenvalue weighted by atomic mass is 9.75. The van der Waals surface area contributed by atoms with Gasteiger partial charge in [-0.1, -0.05) is 68.7 Å². The lowest BCUT2D eigenvalue weighted by Crippen LogP contribution is -2.21. The van der Waals surface area contributed by atoms with Gasteiger partial charge in [0.2, 0.25) is 0 Å². The van der Waals surface area contributed by atoms with E-state index in [1.54, 1.807) is 0 Å². The Morgan fingerprint density at radius 2 is 1.77 bits per heavy atom. The second kappa shape index (κ2) is 5.68. The Bertz CT molecular complexity index is 573. The van der Waals surface area contributed by atoms with Crippen molar-refractivity contribution in [3.63, 3.8) is 0 Å². The molecule has 0 saturated heterocycles. The molecule has 2 bridgehead atoms. The summed E-state index contributed by atoms with van der Waals surface area (Å²) in [4.78, 5) is 13.1. The molecule has 0 N–H and O–H groups in total. The smallest absolute Gasteiger partial charge is 0.140 e. The first-order chi connectivity index (χ1) is 10.8. The number of fused-ring (bicyclic) bond motifs is 5. The van der Waals surface area contributed by atoms with Gasteiger partial charge in [-0.05, 0) is 42.1 Å². The molecule has 1 aromatic rings. The zero-order chi connectivity index (χ0) is 15.1. The SMILES string of the molecule is CCCCC[C@@H]1C(=O)[C@H]2[C@@H]([C@H]1c1ccccc1)[C@@H]1C=C[C@H]2C1. The number of ketones is 1. The van der Waals surface area contributed by atoms with Crippen LogP contribution in [-0.4, -0.2) is 5.78 Å². The molecule has 2 fully saturated rings. The second-order valence-electron chi connectivity index (χ2n) is 7.49. The van der Waals surface area contributed by atoms with Crippen molar-refractivity contribution in [1.29, 1.82) is 0 Å². The normalized spacial score (nSPS) is 38.7. The Kier molecular flexibility index (Phi) is 3.68. The standard InChI is InChI=1S/C21H26O/c1-2-3-5-10-17-18(14-8-6-4-7-9-14)19-15-11-12-16(13-15)20(19)21(17)22/h4,6-9,11-12,15-20H,2-3,5,10,13H2,1H3/t15-,16+,17+,18+,19-,20-/m1/s1. The molecule has 3 aliphatic carbocycles. The van der Waals surface area contributed by atoms with Gasteiger partial charge in [0.25, 0.3) is 0 Å². The van der Waals surface area contributed by atoms with E-state index in [1.165, 1.54) is 31.2 Å². The number of carbonyl (C=O) groups is 1. The first-order valence-corrected chi connectivity index (χ1v) is 9.08. The summed E-state index contributed by atoms with van der Waals surface area (Å²) in [6.07, 6.45) is 10.8. The summed E-state index contributed by atoms with van der Waals surface area (Å²) < 4.78 is 0. The summed E-state index contributed by atoms with van der Waals surface area (Å²) in [6, 6.07) is 10.9. The molecule has 1 nitrogen and oxygen atoms in total. The van der Waals surface area contributed by atoms with Gasteiger partial charge in [0, 0.05) is 11.8 Å². The van der Waals surface area contributed by atoms with E-state index in [-0.39, 0.29) is 5.92 Å². The first kappa shape index (κ1) is 14.2. The van der Waals surface area contributed by atoms with Gasteiger partial charge >= 0.3 is 0 Å². The zero-order valence-electron chi connectivity index (χ0n) is 13.4. The van der Waals surface area contributed by atoms with Crippen LogP contribution in [-0.2, 0) is 4.79 Å². The van der Waals surface area contributed by atoms with E-state index in [1.807, 2.05) is 0 Å². The van der Waals surface area contributed by atoms with Crippen LogP contribution in [0.15, 0.2) is 42.5 Å². The van der Waals surface area contributed by atoms with Crippen molar-refractivity contribution < 1.29 is 4.79 Å². The van der Waals surface area contributed by atoms with Crippen molar-refractivity contribution in [3.05, 3.63) is 48.0 Å². The van der Waals surface area contributed by atoms with Crippen LogP contribution in [0.2, 0.25) is 0 Å². The molecule has 0 spiro atoms. The van der Waals surface area contributed by atoms with E-state index in [2.05, 4.69) is 49.4 Å². The first-order valence-electron chi connectivity index (χ1n) is 9.08. The lowest BCUT2D eigenvalue weighted by molar-refractivity contribution is -0.125. The van der Waals surface area contributed by atoms with Crippen LogP contribution in [0, 0.1) is 29.6 Å². The van der Waals surface area contributed by atoms with Gasteiger partial charge in [-0.2, -0.15) is 0 Å². The van der Waals surface area contributed by atoms with E-state index in [0.717, 1.165) is 6.42 Å². The van der Waals surface area contributed by atoms with Crippen molar-refractivity contribution in [2.75, 3.05) is 0 Å². The zero-order valence-corrected chi connectivity index (χ0v) is 13.4. The van der Waals surface area contributed by atoms with E-state index in [0.29, 0.717) is 35.4 Å². The summed E-state index contributed by atoms with van der Waals surface area (Å²) in [6.45, 7) is 2.24. The number of unbranched alkanes of at least 4 members (excludes halogenated alkanes) is 2. The minimum absolute atomic E-state index is 0.272. The van der Waals surface area contributed by atoms with Crippen molar-refractivity contribution >= 4 is 5.78 Å². The highest BCUT2D eigenvalue weighted by atomic mass is 16.1. The summed E-state index contributed by atoms with van der Waals surface area (Å²) in [5.41, 5.74) is 1.41. The molecular weight excluding hydrogens is 268 g/mol. The molecule has 0 aromatic heterocycles. The maximum Gasteiger partial charge on any atom is 0.140 e. The molecular formula is C21H26O. The molecule has 1 aromatic carbocycles. The van der Waals surface area contributed by atoms with Gasteiger partial charge < -0.3 is 0 Å². The quantitative estimate of drug-likeness (QED) is 0.552. The van der Waals surface area contributed by atoms with Crippen LogP contribution < -0.4 is 0 Å². The van der Waals surface area contributed by atoms with Crippen molar-refractivity contribution in [1.82, 2.24) is 0 Å². The van der Waals surface area contributed by atoms with E-state index < -0.39 is 0 Å². The maximum atomic E-state index is 13.1. The van der Waals surface area contributed by atoms with Crippen LogP contribution in [0.4, 0.5) is 0 Å². The number of rotatable bonds is 5. The minimum atomic E-state index is 0.272. The van der Waals surface area contributed by atoms with Crippen molar-refractivity contribution in [3.8, 4) is 0 Å². The molecule has 0 aliphatic heterocycles. The molecule has 3 aliphatic rings. The average Bonchev–Trinajstić information content (AvgIpc) is 3.22. The van der Waals surface area contributed by atoms with E-state index in [4.69, 9.17) is 0 Å². The highest BCUT2D eigenvalue weighted by molar-refractivity contribution is 5.89. The molecule has 0 amide bonds. The number of hydrogen-bond acceptors (Lipinski definition) is 1. The largest absolute Gasteiger partial charge is 0.299 e. The molecule has 2 saturated carbocycles. The third kappa shape index (κ3) is 2.09. The summed E-state index contributed by atoms with van der Waals surface area (Å²) in [7, 11) is 0. The Labute approximate surface area is 133 Å². The highest BCUT2D eigenvalue weighted by Gasteiger charge is 2.59. The molecule has 0 heterocycles. The van der Waals surface area contributed by atoms with E-state index in [9.17, 15) is 4.79 Å². The molecule has 0 unspecified atom stereocenters. The van der Waals surface area contributed by atoms with Gasteiger partial charge in [-0.15, -0.1) is 0 Å². The Morgan fingerprint density at radius 1 is 1.00 bits per heavy atom. The van der Waals surface area contributed by atoms with Gasteiger partial charge in [0.1, 0.15) is 5.78 Å². The number of allylic oxidation sites excluding steroid dienone is 2. The minimum Gasteiger partial charge on any atom is -0.299 e. The third-order valence-electron chi connectivity index (χ3n) is 6.37. The maximum absolute atomic E-state index is 13.1. The average molecular weight is 294 g/mol. The van der Waals surface area contributed by atoms with Crippen LogP contribution in [0.3, 0.4) is 0 Å². The van der Waals surface area contributed by atoms with Crippen LogP contribution in [0.1, 0.15) is 50.5 Å². The van der Waals surface area contributed by atoms with Gasteiger partial charge in [0.05, 0.1) is 0 Å². The van der Waals surface area contributed by atoms with Gasteiger partial charge in [0.15, 0.2) is 0 Å². The van der Waals surface area contributed by atoms with E-state index >= 15 is 0 Å². The monoisotopic (exact) mass is 294 g/mol. The Hall–Kier alpha value is -1.37. The Morgan fingerprint density at radius 3 is 2.55 bits per heavy atom. The fraction of sp³-hybridized carbons (Fsp3) is 0.571. The molecule has 0 radical (unpaired) electrons. The number of benzene rings is 1. The second-order valence-corrected chi connectivity index (χ2v) is 7.49. The predicted molar refractivity (Wildman–Crippen MR) is 89.5 cm³/mol. The summed E-state index contributed by atoms with van der Waals surface area (Å²) >= 11 is 0. The molecule has 1 heteroatoms. The van der Waals surface area contributed by atoms with Crippen LogP contribution in [0.25, 0.3) is 0 Å². The number of Topliss-reactive ketones (excluding diaryl/α,β-unsaturated/α-hetero) is 1. The molecule has 4 rings (SSSR count). The molecule has 22 heavy (non-hydrogen) atoms. The number of carbonyl (C=O) groups excluding carboxylic acids is 1. The number of hydrogen-bond donors (Lipinski definition) is 0. The van der Waals surface area contributed by atoms with Crippen LogP contribution in [0.5, 0.6) is 0 Å². The van der Waals surface area contributed by atoms with Crippen molar-refractivity contribution in [2.45, 2.75) is 44.9 Å². The molecule has 116 valence electrons. The summed E-state index contributed by atoms with van der Waals surface area (Å²) in [5, 5.41) is 0. The third-order valence-corrected chi connectivity index (χ3v) is 6.37. The fourth-order valence-corrected chi connectivity index (χ4v) is 5.51. The summed E-state index contributed by atoms with van der Waals surface area (Å²) in [5.74, 6) is 3.44. The molecule has 6 atom stereocenters. The fourth-order valence-electron chi connectivity index (χ4n) is 5.51.